The molecule has 0 radical (unpaired) electrons. The molecule has 1 rings (SSSR count). The van der Waals surface area contributed by atoms with Gasteiger partial charge in [0.25, 0.3) is 0 Å². The summed E-state index contributed by atoms with van der Waals surface area (Å²) >= 11 is 5.64. The lowest BCUT2D eigenvalue weighted by molar-refractivity contribution is 0.691. The van der Waals surface area contributed by atoms with Gasteiger partial charge in [-0.3, -0.25) is 0 Å². The van der Waals surface area contributed by atoms with Crippen LogP contribution in [0.3, 0.4) is 0 Å². The van der Waals surface area contributed by atoms with Gasteiger partial charge in [-0.2, -0.15) is 0 Å². The van der Waals surface area contributed by atoms with Crippen LogP contribution in [0.2, 0.25) is 5.02 Å². The first kappa shape index (κ1) is 8.05. The van der Waals surface area contributed by atoms with E-state index in [0.29, 0.717) is 9.92 Å². The third kappa shape index (κ3) is 1.72. The molecule has 1 unspecified atom stereocenters. The molecule has 4 heteroatoms. The van der Waals surface area contributed by atoms with E-state index in [0.717, 1.165) is 0 Å². The van der Waals surface area contributed by atoms with Gasteiger partial charge >= 0.3 is 0 Å². The van der Waals surface area contributed by atoms with Crippen molar-refractivity contribution in [1.82, 2.24) is 0 Å². The number of hydrogen-bond acceptors (Lipinski definition) is 1. The fourth-order valence-electron chi connectivity index (χ4n) is 0.575. The highest BCUT2D eigenvalue weighted by Gasteiger charge is 2.02. The van der Waals surface area contributed by atoms with Crippen LogP contribution in [-0.4, -0.2) is 4.21 Å². The summed E-state index contributed by atoms with van der Waals surface area (Å²) in [5.41, 5.74) is 0. The Balaban J connectivity index is 3.15. The molecule has 0 aliphatic rings. The van der Waals surface area contributed by atoms with Gasteiger partial charge in [0.05, 0.1) is 9.92 Å². The van der Waals surface area contributed by atoms with Crippen LogP contribution >= 0.6 is 22.3 Å². The number of rotatable bonds is 1. The maximum atomic E-state index is 10.7. The summed E-state index contributed by atoms with van der Waals surface area (Å²) in [6.45, 7) is 0. The molecule has 0 bridgehead atoms. The molecule has 0 saturated heterocycles. The monoisotopic (exact) mass is 194 g/mol. The summed E-state index contributed by atoms with van der Waals surface area (Å²) < 4.78 is 10.7. The number of benzene rings is 1. The van der Waals surface area contributed by atoms with E-state index >= 15 is 0 Å². The summed E-state index contributed by atoms with van der Waals surface area (Å²) in [6.07, 6.45) is 0. The smallest absolute Gasteiger partial charge is 0.149 e. The second-order valence-corrected chi connectivity index (χ2v) is 3.79. The predicted octanol–water partition coefficient (Wildman–Crippen LogP) is 2.60. The van der Waals surface area contributed by atoms with Gasteiger partial charge < -0.3 is 0 Å². The average Bonchev–Trinajstić information content (AvgIpc) is 1.88. The van der Waals surface area contributed by atoms with Crippen LogP contribution in [0.1, 0.15) is 0 Å². The molecule has 0 heterocycles. The van der Waals surface area contributed by atoms with Crippen molar-refractivity contribution in [3.63, 3.8) is 0 Å². The molecule has 10 heavy (non-hydrogen) atoms. The quantitative estimate of drug-likeness (QED) is 0.629. The molecule has 1 nitrogen and oxygen atoms in total. The zero-order chi connectivity index (χ0) is 7.56. The van der Waals surface area contributed by atoms with Gasteiger partial charge in [0.15, 0.2) is 0 Å². The molecule has 1 aromatic rings. The van der Waals surface area contributed by atoms with E-state index in [1.54, 1.807) is 24.3 Å². The highest BCUT2D eigenvalue weighted by molar-refractivity contribution is 8.08. The van der Waals surface area contributed by atoms with Crippen LogP contribution < -0.4 is 0 Å². The molecule has 0 fully saturated rings. The lowest BCUT2D eigenvalue weighted by Crippen LogP contribution is -1.80. The summed E-state index contributed by atoms with van der Waals surface area (Å²) in [4.78, 5) is 0.464. The molecule has 0 aliphatic heterocycles. The highest BCUT2D eigenvalue weighted by Crippen LogP contribution is 2.20. The van der Waals surface area contributed by atoms with Crippen LogP contribution in [0.4, 0.5) is 0 Å². The summed E-state index contributed by atoms with van der Waals surface area (Å²) in [5.74, 6) is 0. The van der Waals surface area contributed by atoms with Gasteiger partial charge in [-0.1, -0.05) is 23.7 Å². The Labute approximate surface area is 70.9 Å². The van der Waals surface area contributed by atoms with Gasteiger partial charge in [0, 0.05) is 0 Å². The van der Waals surface area contributed by atoms with Gasteiger partial charge in [-0.25, -0.2) is 4.21 Å². The Morgan fingerprint density at radius 3 is 2.30 bits per heavy atom. The molecule has 1 aromatic carbocycles. The van der Waals surface area contributed by atoms with Crippen molar-refractivity contribution >= 4 is 32.3 Å². The molecular formula is C6H4Cl2OS. The highest BCUT2D eigenvalue weighted by atomic mass is 35.7. The zero-order valence-corrected chi connectivity index (χ0v) is 7.21. The number of halogens is 2. The molecule has 54 valence electrons. The summed E-state index contributed by atoms with van der Waals surface area (Å²) in [7, 11) is 3.80. The summed E-state index contributed by atoms with van der Waals surface area (Å²) in [6, 6.07) is 6.78. The molecule has 0 amide bonds. The summed E-state index contributed by atoms with van der Waals surface area (Å²) in [5, 5.41) is 0.441. The minimum absolute atomic E-state index is 0.441. The largest absolute Gasteiger partial charge is 0.237 e. The maximum absolute atomic E-state index is 10.7. The minimum Gasteiger partial charge on any atom is -0.237 e. The van der Waals surface area contributed by atoms with Gasteiger partial charge in [0.1, 0.15) is 10.0 Å². The molecule has 0 saturated carbocycles. The Morgan fingerprint density at radius 2 is 1.90 bits per heavy atom. The average molecular weight is 195 g/mol. The van der Waals surface area contributed by atoms with E-state index in [4.69, 9.17) is 22.3 Å². The van der Waals surface area contributed by atoms with Crippen molar-refractivity contribution in [2.45, 2.75) is 4.90 Å². The van der Waals surface area contributed by atoms with Crippen molar-refractivity contribution in [3.8, 4) is 0 Å². The first-order chi connectivity index (χ1) is 4.72. The van der Waals surface area contributed by atoms with Gasteiger partial charge in [-0.05, 0) is 22.8 Å². The van der Waals surface area contributed by atoms with Gasteiger partial charge in [-0.15, -0.1) is 0 Å². The Kier molecular flexibility index (Phi) is 2.72. The number of hydrogen-bond donors (Lipinski definition) is 0. The van der Waals surface area contributed by atoms with Crippen molar-refractivity contribution in [1.29, 1.82) is 0 Å². The fourth-order valence-corrected chi connectivity index (χ4v) is 1.85. The third-order valence-corrected chi connectivity index (χ3v) is 2.65. The lowest BCUT2D eigenvalue weighted by atomic mass is 10.4. The molecule has 0 N–H and O–H groups in total. The Bertz CT molecular complexity index is 262. The zero-order valence-electron chi connectivity index (χ0n) is 4.88. The van der Waals surface area contributed by atoms with Gasteiger partial charge in [0.2, 0.25) is 0 Å². The van der Waals surface area contributed by atoms with E-state index in [1.165, 1.54) is 0 Å². The second-order valence-electron chi connectivity index (χ2n) is 1.65. The Morgan fingerprint density at radius 1 is 1.30 bits per heavy atom. The molecule has 0 aromatic heterocycles. The van der Waals surface area contributed by atoms with E-state index in [9.17, 15) is 4.21 Å². The standard InChI is InChI=1S/C6H4Cl2OS/c7-5-3-1-2-4-6(5)10(8)9/h1-4H. The first-order valence-corrected chi connectivity index (χ1v) is 4.90. The van der Waals surface area contributed by atoms with Crippen LogP contribution in [0.5, 0.6) is 0 Å². The normalized spacial score (nSPS) is 13.0. The topological polar surface area (TPSA) is 17.1 Å². The van der Waals surface area contributed by atoms with Crippen molar-refractivity contribution < 1.29 is 4.21 Å². The first-order valence-electron chi connectivity index (χ1n) is 2.54. The fraction of sp³-hybridized carbons (Fsp3) is 0. The molecule has 0 spiro atoms. The SMILES string of the molecule is O=S(Cl)c1ccccc1Cl. The van der Waals surface area contributed by atoms with E-state index in [-0.39, 0.29) is 0 Å². The third-order valence-electron chi connectivity index (χ3n) is 1.01. The minimum atomic E-state index is -1.50. The molecule has 0 aliphatic carbocycles. The van der Waals surface area contributed by atoms with Crippen LogP contribution in [0.15, 0.2) is 29.2 Å². The van der Waals surface area contributed by atoms with Crippen molar-refractivity contribution in [2.24, 2.45) is 0 Å². The molecular weight excluding hydrogens is 191 g/mol. The predicted molar refractivity (Wildman–Crippen MR) is 43.7 cm³/mol. The maximum Gasteiger partial charge on any atom is 0.149 e. The van der Waals surface area contributed by atoms with Crippen LogP contribution in [0.25, 0.3) is 0 Å². The lowest BCUT2D eigenvalue weighted by Gasteiger charge is -1.94. The second kappa shape index (κ2) is 3.37. The van der Waals surface area contributed by atoms with E-state index in [2.05, 4.69) is 0 Å². The van der Waals surface area contributed by atoms with Crippen LogP contribution in [0, 0.1) is 0 Å². The Hall–Kier alpha value is -0.0500. The molecule has 1 atom stereocenters. The van der Waals surface area contributed by atoms with Crippen molar-refractivity contribution in [2.75, 3.05) is 0 Å². The van der Waals surface area contributed by atoms with E-state index in [1.807, 2.05) is 0 Å². The van der Waals surface area contributed by atoms with E-state index < -0.39 is 10.0 Å². The van der Waals surface area contributed by atoms with Crippen LogP contribution in [-0.2, 0) is 10.0 Å². The van der Waals surface area contributed by atoms with Crippen molar-refractivity contribution in [3.05, 3.63) is 29.3 Å².